The van der Waals surface area contributed by atoms with Crippen LogP contribution >= 0.6 is 11.6 Å². The van der Waals surface area contributed by atoms with Crippen LogP contribution in [0.25, 0.3) is 0 Å². The largest absolute Gasteiger partial charge is 0.445 e. The first kappa shape index (κ1) is 19.8. The molecular weight excluding hydrogens is 386 g/mol. The van der Waals surface area contributed by atoms with Crippen molar-refractivity contribution in [3.05, 3.63) is 76.8 Å². The fourth-order valence-corrected chi connectivity index (χ4v) is 4.79. The monoisotopic (exact) mass is 411 g/mol. The van der Waals surface area contributed by atoms with Gasteiger partial charge in [-0.05, 0) is 42.8 Å². The number of piperidine rings is 1. The molecule has 2 heterocycles. The molecule has 0 aliphatic carbocycles. The van der Waals surface area contributed by atoms with Crippen molar-refractivity contribution in [1.82, 2.24) is 10.2 Å². The number of likely N-dealkylation sites (tertiary alicyclic amines) is 1. The number of amides is 1. The van der Waals surface area contributed by atoms with Crippen LogP contribution in [0, 0.1) is 0 Å². The Morgan fingerprint density at radius 3 is 2.93 bits per heavy atom. The average molecular weight is 412 g/mol. The van der Waals surface area contributed by atoms with Gasteiger partial charge in [-0.25, -0.2) is 4.79 Å². The maximum absolute atomic E-state index is 12.2. The van der Waals surface area contributed by atoms with Crippen LogP contribution in [0.1, 0.15) is 17.5 Å². The van der Waals surface area contributed by atoms with E-state index in [0.29, 0.717) is 11.6 Å². The van der Waals surface area contributed by atoms with Crippen LogP contribution in [-0.2, 0) is 16.8 Å². The summed E-state index contributed by atoms with van der Waals surface area (Å²) in [6.07, 6.45) is 0.336. The van der Waals surface area contributed by atoms with Crippen LogP contribution in [0.5, 0.6) is 0 Å². The van der Waals surface area contributed by atoms with Crippen LogP contribution in [0.3, 0.4) is 0 Å². The van der Waals surface area contributed by atoms with Crippen molar-refractivity contribution >= 4 is 23.4 Å². The van der Waals surface area contributed by atoms with Crippen molar-refractivity contribution in [3.8, 4) is 0 Å². The molecule has 2 aliphatic rings. The molecule has 6 heteroatoms. The second-order valence-corrected chi connectivity index (χ2v) is 8.33. The molecule has 2 aromatic carbocycles. The average Bonchev–Trinajstić information content (AvgIpc) is 3.01. The Bertz CT molecular complexity index is 918. The summed E-state index contributed by atoms with van der Waals surface area (Å²) < 4.78 is 5.34. The van der Waals surface area contributed by atoms with Crippen molar-refractivity contribution in [1.29, 1.82) is 0 Å². The lowest BCUT2D eigenvalue weighted by atomic mass is 9.67. The van der Waals surface area contributed by atoms with Gasteiger partial charge in [0.05, 0.1) is 6.04 Å². The van der Waals surface area contributed by atoms with Crippen molar-refractivity contribution in [2.75, 3.05) is 32.0 Å². The predicted molar refractivity (Wildman–Crippen MR) is 116 cm³/mol. The molecule has 1 fully saturated rings. The molecule has 2 aliphatic heterocycles. The molecular formula is C23H26ClN3O2. The summed E-state index contributed by atoms with van der Waals surface area (Å²) in [7, 11) is 2.10. The number of anilines is 1. The number of halogens is 1. The highest BCUT2D eigenvalue weighted by Gasteiger charge is 2.51. The SMILES string of the molecule is C=C1CN(C)C[C@@H]2Nc3ccc(Cl)cc3[C@]12CCNC(=O)OCc1ccccc1. The fraction of sp³-hybridized carbons (Fsp3) is 0.348. The van der Waals surface area contributed by atoms with E-state index in [1.165, 1.54) is 5.56 Å². The van der Waals surface area contributed by atoms with Gasteiger partial charge in [-0.2, -0.15) is 0 Å². The zero-order valence-electron chi connectivity index (χ0n) is 16.6. The van der Waals surface area contributed by atoms with Gasteiger partial charge < -0.3 is 20.3 Å². The Hall–Kier alpha value is -2.50. The number of carbonyl (C=O) groups excluding carboxylic acids is 1. The summed E-state index contributed by atoms with van der Waals surface area (Å²) >= 11 is 6.32. The third-order valence-corrected chi connectivity index (χ3v) is 6.21. The van der Waals surface area contributed by atoms with Gasteiger partial charge in [-0.1, -0.05) is 54.1 Å². The molecule has 1 saturated heterocycles. The van der Waals surface area contributed by atoms with Gasteiger partial charge in [-0.3, -0.25) is 0 Å². The zero-order chi connectivity index (χ0) is 20.4. The minimum absolute atomic E-state index is 0.198. The van der Waals surface area contributed by atoms with Crippen molar-refractivity contribution in [2.24, 2.45) is 0 Å². The van der Waals surface area contributed by atoms with Gasteiger partial charge >= 0.3 is 6.09 Å². The molecule has 5 nitrogen and oxygen atoms in total. The van der Waals surface area contributed by atoms with E-state index < -0.39 is 6.09 Å². The summed E-state index contributed by atoms with van der Waals surface area (Å²) in [5.74, 6) is 0. The van der Waals surface area contributed by atoms with Gasteiger partial charge in [-0.15, -0.1) is 0 Å². The van der Waals surface area contributed by atoms with E-state index >= 15 is 0 Å². The molecule has 0 aromatic heterocycles. The van der Waals surface area contributed by atoms with Gasteiger partial charge in [0.1, 0.15) is 6.61 Å². The number of carbonyl (C=O) groups is 1. The van der Waals surface area contributed by atoms with Crippen LogP contribution in [0.2, 0.25) is 5.02 Å². The fourth-order valence-electron chi connectivity index (χ4n) is 4.61. The van der Waals surface area contributed by atoms with Crippen molar-refractivity contribution < 1.29 is 9.53 Å². The van der Waals surface area contributed by atoms with Crippen LogP contribution in [0.4, 0.5) is 10.5 Å². The van der Waals surface area contributed by atoms with Gasteiger partial charge in [0.15, 0.2) is 0 Å². The van der Waals surface area contributed by atoms with Crippen LogP contribution in [-0.4, -0.2) is 43.7 Å². The highest BCUT2D eigenvalue weighted by Crippen LogP contribution is 2.50. The summed E-state index contributed by atoms with van der Waals surface area (Å²) in [6, 6.07) is 15.8. The van der Waals surface area contributed by atoms with E-state index in [2.05, 4.69) is 29.2 Å². The summed E-state index contributed by atoms with van der Waals surface area (Å²) in [5.41, 5.74) is 4.13. The number of likely N-dealkylation sites (N-methyl/N-ethyl adjacent to an activating group) is 1. The number of hydrogen-bond acceptors (Lipinski definition) is 4. The third kappa shape index (κ3) is 3.85. The lowest BCUT2D eigenvalue weighted by molar-refractivity contribution is 0.138. The Balaban J connectivity index is 1.45. The summed E-state index contributed by atoms with van der Waals surface area (Å²) in [4.78, 5) is 14.5. The van der Waals surface area contributed by atoms with Crippen molar-refractivity contribution in [3.63, 3.8) is 0 Å². The van der Waals surface area contributed by atoms with E-state index in [9.17, 15) is 4.79 Å². The van der Waals surface area contributed by atoms with Crippen LogP contribution in [0.15, 0.2) is 60.7 Å². The van der Waals surface area contributed by atoms with E-state index in [1.807, 2.05) is 48.5 Å². The minimum Gasteiger partial charge on any atom is -0.445 e. The second kappa shape index (κ2) is 8.09. The third-order valence-electron chi connectivity index (χ3n) is 5.97. The first-order valence-corrected chi connectivity index (χ1v) is 10.2. The maximum Gasteiger partial charge on any atom is 0.407 e. The van der Waals surface area contributed by atoms with Gasteiger partial charge in [0.25, 0.3) is 0 Å². The van der Waals surface area contributed by atoms with Crippen LogP contribution < -0.4 is 10.6 Å². The molecule has 2 atom stereocenters. The molecule has 4 rings (SSSR count). The number of benzene rings is 2. The number of hydrogen-bond donors (Lipinski definition) is 2. The van der Waals surface area contributed by atoms with Gasteiger partial charge in [0.2, 0.25) is 0 Å². The smallest absolute Gasteiger partial charge is 0.407 e. The van der Waals surface area contributed by atoms with Crippen molar-refractivity contribution in [2.45, 2.75) is 24.5 Å². The summed E-state index contributed by atoms with van der Waals surface area (Å²) in [6.45, 7) is 6.90. The molecule has 0 radical (unpaired) electrons. The molecule has 0 saturated carbocycles. The Labute approximate surface area is 176 Å². The molecule has 0 bridgehead atoms. The number of nitrogens with zero attached hydrogens (tertiary/aromatic N) is 1. The lowest BCUT2D eigenvalue weighted by Gasteiger charge is -2.45. The van der Waals surface area contributed by atoms with E-state index in [-0.39, 0.29) is 18.1 Å². The zero-order valence-corrected chi connectivity index (χ0v) is 17.3. The topological polar surface area (TPSA) is 53.6 Å². The first-order chi connectivity index (χ1) is 14.0. The Kier molecular flexibility index (Phi) is 5.52. The second-order valence-electron chi connectivity index (χ2n) is 7.90. The summed E-state index contributed by atoms with van der Waals surface area (Å²) in [5, 5.41) is 7.27. The number of alkyl carbamates (subject to hydrolysis) is 1. The lowest BCUT2D eigenvalue weighted by Crippen LogP contribution is -2.54. The first-order valence-electron chi connectivity index (χ1n) is 9.87. The molecule has 2 N–H and O–H groups in total. The minimum atomic E-state index is -0.405. The molecule has 29 heavy (non-hydrogen) atoms. The molecule has 1 amide bonds. The number of ether oxygens (including phenoxy) is 1. The predicted octanol–water partition coefficient (Wildman–Crippen LogP) is 4.19. The molecule has 0 unspecified atom stereocenters. The number of fused-ring (bicyclic) bond motifs is 3. The maximum atomic E-state index is 12.2. The molecule has 152 valence electrons. The normalized spacial score (nSPS) is 23.1. The standard InChI is InChI=1S/C23H26ClN3O2/c1-16-13-27(2)14-21-23(16,19-12-18(24)8-9-20(19)26-21)10-11-25-22(28)29-15-17-6-4-3-5-7-17/h3-9,12,21,26H,1,10-11,13-15H2,2H3,(H,25,28)/t21-,23-/m0/s1. The highest BCUT2D eigenvalue weighted by atomic mass is 35.5. The molecule has 2 aromatic rings. The quantitative estimate of drug-likeness (QED) is 0.724. The van der Waals surface area contributed by atoms with E-state index in [0.717, 1.165) is 36.3 Å². The Morgan fingerprint density at radius 2 is 2.14 bits per heavy atom. The number of nitrogens with one attached hydrogen (secondary N) is 2. The highest BCUT2D eigenvalue weighted by molar-refractivity contribution is 6.30. The Morgan fingerprint density at radius 1 is 1.34 bits per heavy atom. The number of rotatable bonds is 5. The van der Waals surface area contributed by atoms with Gasteiger partial charge in [0, 0.05) is 35.8 Å². The molecule has 0 spiro atoms. The van der Waals surface area contributed by atoms with E-state index in [1.54, 1.807) is 0 Å². The van der Waals surface area contributed by atoms with E-state index in [4.69, 9.17) is 16.3 Å².